The number of aliphatic imine (C=N–C) groups is 1. The minimum atomic E-state index is 0.339. The smallest absolute Gasteiger partial charge is 0.213 e. The molecule has 0 radical (unpaired) electrons. The molecule has 0 aromatic carbocycles. The molecule has 1 saturated carbocycles. The molecule has 138 valence electrons. The van der Waals surface area contributed by atoms with Crippen LogP contribution in [-0.2, 0) is 11.3 Å². The van der Waals surface area contributed by atoms with Gasteiger partial charge in [-0.1, -0.05) is 0 Å². The van der Waals surface area contributed by atoms with Crippen LogP contribution in [0.15, 0.2) is 23.3 Å². The van der Waals surface area contributed by atoms with Crippen LogP contribution in [0.3, 0.4) is 0 Å². The highest BCUT2D eigenvalue weighted by molar-refractivity contribution is 5.80. The quantitative estimate of drug-likeness (QED) is 0.633. The number of hydrogen-bond acceptors (Lipinski definition) is 4. The van der Waals surface area contributed by atoms with E-state index in [0.29, 0.717) is 12.0 Å². The van der Waals surface area contributed by atoms with Crippen LogP contribution in [0, 0.1) is 5.92 Å². The summed E-state index contributed by atoms with van der Waals surface area (Å²) in [6.45, 7) is 3.57. The van der Waals surface area contributed by atoms with Gasteiger partial charge in [0.25, 0.3) is 0 Å². The van der Waals surface area contributed by atoms with Gasteiger partial charge < -0.3 is 19.7 Å². The van der Waals surface area contributed by atoms with E-state index in [0.717, 1.165) is 62.9 Å². The Morgan fingerprint density at radius 2 is 2.20 bits per heavy atom. The molecule has 1 unspecified atom stereocenters. The zero-order valence-electron chi connectivity index (χ0n) is 15.4. The molecule has 1 saturated heterocycles. The molecule has 0 spiro atoms. The summed E-state index contributed by atoms with van der Waals surface area (Å²) in [4.78, 5) is 11.1. The summed E-state index contributed by atoms with van der Waals surface area (Å²) in [5.41, 5.74) is 1.16. The van der Waals surface area contributed by atoms with Gasteiger partial charge in [-0.25, -0.2) is 4.98 Å². The fourth-order valence-corrected chi connectivity index (χ4v) is 3.71. The van der Waals surface area contributed by atoms with E-state index in [1.54, 1.807) is 7.11 Å². The normalized spacial score (nSPS) is 21.8. The van der Waals surface area contributed by atoms with E-state index in [4.69, 9.17) is 9.47 Å². The summed E-state index contributed by atoms with van der Waals surface area (Å²) in [5, 5.41) is 3.46. The Balaban J connectivity index is 1.51. The lowest BCUT2D eigenvalue weighted by Gasteiger charge is -2.22. The van der Waals surface area contributed by atoms with Crippen LogP contribution in [0.1, 0.15) is 37.7 Å². The van der Waals surface area contributed by atoms with Gasteiger partial charge in [0.15, 0.2) is 5.96 Å². The number of aromatic nitrogens is 1. The largest absolute Gasteiger partial charge is 0.474 e. The number of hydrogen-bond donors (Lipinski definition) is 1. The highest BCUT2D eigenvalue weighted by Gasteiger charge is 2.24. The second-order valence-electron chi connectivity index (χ2n) is 6.98. The number of nitrogens with one attached hydrogen (secondary N) is 1. The van der Waals surface area contributed by atoms with Gasteiger partial charge in [-0.05, 0) is 43.7 Å². The van der Waals surface area contributed by atoms with Crippen molar-refractivity contribution in [3.63, 3.8) is 0 Å². The maximum atomic E-state index is 6.00. The van der Waals surface area contributed by atoms with Crippen molar-refractivity contribution in [1.82, 2.24) is 15.2 Å². The van der Waals surface area contributed by atoms with E-state index in [2.05, 4.69) is 20.2 Å². The molecule has 0 bridgehead atoms. The fourth-order valence-electron chi connectivity index (χ4n) is 3.71. The Hall–Kier alpha value is -1.82. The van der Waals surface area contributed by atoms with Gasteiger partial charge in [-0.2, -0.15) is 0 Å². The predicted molar refractivity (Wildman–Crippen MR) is 98.9 cm³/mol. The molecule has 25 heavy (non-hydrogen) atoms. The van der Waals surface area contributed by atoms with Crippen molar-refractivity contribution < 1.29 is 9.47 Å². The lowest BCUT2D eigenvalue weighted by Crippen LogP contribution is -2.39. The molecule has 1 aromatic heterocycles. The molecule has 2 heterocycles. The average molecular weight is 346 g/mol. The van der Waals surface area contributed by atoms with Crippen LogP contribution in [0.2, 0.25) is 0 Å². The van der Waals surface area contributed by atoms with E-state index in [1.807, 2.05) is 25.4 Å². The van der Waals surface area contributed by atoms with Crippen LogP contribution in [0.5, 0.6) is 5.88 Å². The van der Waals surface area contributed by atoms with Gasteiger partial charge in [-0.15, -0.1) is 0 Å². The Bertz CT molecular complexity index is 572. The molecular weight excluding hydrogens is 316 g/mol. The number of ether oxygens (including phenoxy) is 2. The fraction of sp³-hybridized carbons (Fsp3) is 0.684. The van der Waals surface area contributed by atoms with Gasteiger partial charge in [0.1, 0.15) is 6.10 Å². The van der Waals surface area contributed by atoms with E-state index >= 15 is 0 Å². The summed E-state index contributed by atoms with van der Waals surface area (Å²) in [5.74, 6) is 2.28. The molecule has 1 aliphatic heterocycles. The maximum absolute atomic E-state index is 6.00. The molecule has 1 N–H and O–H groups in total. The second kappa shape index (κ2) is 9.04. The predicted octanol–water partition coefficient (Wildman–Crippen LogP) is 2.45. The van der Waals surface area contributed by atoms with E-state index in [-0.39, 0.29) is 0 Å². The van der Waals surface area contributed by atoms with Crippen molar-refractivity contribution in [3.05, 3.63) is 23.9 Å². The van der Waals surface area contributed by atoms with Crippen LogP contribution in [-0.4, -0.2) is 55.8 Å². The molecule has 1 aromatic rings. The van der Waals surface area contributed by atoms with Crippen molar-refractivity contribution in [3.8, 4) is 5.88 Å². The summed E-state index contributed by atoms with van der Waals surface area (Å²) in [6, 6.07) is 4.07. The number of pyridine rings is 1. The average Bonchev–Trinajstić information content (AvgIpc) is 3.29. The van der Waals surface area contributed by atoms with Gasteiger partial charge in [0.05, 0.1) is 6.61 Å². The third-order valence-electron chi connectivity index (χ3n) is 5.04. The zero-order valence-corrected chi connectivity index (χ0v) is 15.4. The minimum absolute atomic E-state index is 0.339. The first-order chi connectivity index (χ1) is 12.3. The summed E-state index contributed by atoms with van der Waals surface area (Å²) >= 11 is 0. The van der Waals surface area contributed by atoms with Crippen molar-refractivity contribution >= 4 is 5.96 Å². The summed E-state index contributed by atoms with van der Waals surface area (Å²) in [6.07, 6.45) is 8.15. The lowest BCUT2D eigenvalue weighted by molar-refractivity contribution is 0.157. The Morgan fingerprint density at radius 3 is 2.96 bits per heavy atom. The number of nitrogens with zero attached hydrogens (tertiary/aromatic N) is 3. The van der Waals surface area contributed by atoms with Crippen LogP contribution >= 0.6 is 0 Å². The maximum Gasteiger partial charge on any atom is 0.213 e. The molecular formula is C19H30N4O2. The molecule has 3 rings (SSSR count). The number of likely N-dealkylation sites (tertiary alicyclic amines) is 1. The lowest BCUT2D eigenvalue weighted by atomic mass is 10.1. The summed E-state index contributed by atoms with van der Waals surface area (Å²) in [7, 11) is 3.61. The number of guanidine groups is 1. The molecule has 2 fully saturated rings. The van der Waals surface area contributed by atoms with E-state index < -0.39 is 0 Å². The molecule has 1 aliphatic carbocycles. The van der Waals surface area contributed by atoms with Gasteiger partial charge in [0, 0.05) is 52.0 Å². The van der Waals surface area contributed by atoms with Crippen molar-refractivity contribution in [2.45, 2.75) is 44.8 Å². The highest BCUT2D eigenvalue weighted by Crippen LogP contribution is 2.23. The topological polar surface area (TPSA) is 59.0 Å². The Kier molecular flexibility index (Phi) is 6.50. The van der Waals surface area contributed by atoms with E-state index in [1.165, 1.54) is 12.8 Å². The first-order valence-corrected chi connectivity index (χ1v) is 9.34. The van der Waals surface area contributed by atoms with Gasteiger partial charge >= 0.3 is 0 Å². The third kappa shape index (κ3) is 5.08. The second-order valence-corrected chi connectivity index (χ2v) is 6.98. The highest BCUT2D eigenvalue weighted by atomic mass is 16.5. The SMILES string of the molecule is CN=C(NCc1ccnc(OC2CCCC2)c1)N1CCC(COC)C1. The number of methoxy groups -OCH3 is 1. The minimum Gasteiger partial charge on any atom is -0.474 e. The number of rotatable bonds is 6. The van der Waals surface area contributed by atoms with Crippen LogP contribution in [0.4, 0.5) is 0 Å². The molecule has 1 atom stereocenters. The standard InChI is InChI=1S/C19H30N4O2/c1-20-19(23-10-8-16(13-23)14-24-2)22-12-15-7-9-21-18(11-15)25-17-5-3-4-6-17/h7,9,11,16-17H,3-6,8,10,12-14H2,1-2H3,(H,20,22). The Morgan fingerprint density at radius 1 is 1.36 bits per heavy atom. The van der Waals surface area contributed by atoms with Crippen molar-refractivity contribution in [2.75, 3.05) is 33.9 Å². The molecule has 6 heteroatoms. The zero-order chi connectivity index (χ0) is 17.5. The summed E-state index contributed by atoms with van der Waals surface area (Å²) < 4.78 is 11.3. The molecule has 0 amide bonds. The van der Waals surface area contributed by atoms with Crippen molar-refractivity contribution in [2.24, 2.45) is 10.9 Å². The van der Waals surface area contributed by atoms with Crippen LogP contribution < -0.4 is 10.1 Å². The van der Waals surface area contributed by atoms with E-state index in [9.17, 15) is 0 Å². The Labute approximate surface area is 150 Å². The van der Waals surface area contributed by atoms with Crippen LogP contribution in [0.25, 0.3) is 0 Å². The van der Waals surface area contributed by atoms with Gasteiger partial charge in [0.2, 0.25) is 5.88 Å². The van der Waals surface area contributed by atoms with Crippen molar-refractivity contribution in [1.29, 1.82) is 0 Å². The monoisotopic (exact) mass is 346 g/mol. The molecule has 2 aliphatic rings. The third-order valence-corrected chi connectivity index (χ3v) is 5.04. The molecule has 6 nitrogen and oxygen atoms in total. The first kappa shape index (κ1) is 18.0. The first-order valence-electron chi connectivity index (χ1n) is 9.34. The van der Waals surface area contributed by atoms with Gasteiger partial charge in [-0.3, -0.25) is 4.99 Å².